The summed E-state index contributed by atoms with van der Waals surface area (Å²) in [5, 5.41) is 11.0. The standard InChI is InChI=1S/C21H28O7/c1-11(2)20(24)28-19-17-13(4)21(25)27-16(17)9-12(3)7-6-8-15(18(19)23)10-26-14(5)22/h8-9,11,16-19,23H,4,6-7,10H2,1-3,5H3/b12-9+,15-8+/t16-,17+,18-,19+/m1/s1. The highest BCUT2D eigenvalue weighted by atomic mass is 16.6. The normalized spacial score (nSPS) is 31.8. The Labute approximate surface area is 165 Å². The van der Waals surface area contributed by atoms with Crippen LogP contribution in [-0.4, -0.2) is 47.9 Å². The van der Waals surface area contributed by atoms with Gasteiger partial charge in [0.1, 0.15) is 24.9 Å². The third-order valence-corrected chi connectivity index (χ3v) is 4.87. The lowest BCUT2D eigenvalue weighted by molar-refractivity contribution is -0.162. The molecule has 0 bridgehead atoms. The van der Waals surface area contributed by atoms with Gasteiger partial charge in [0.25, 0.3) is 0 Å². The number of esters is 3. The Morgan fingerprint density at radius 3 is 2.68 bits per heavy atom. The number of carbonyl (C=O) groups is 3. The van der Waals surface area contributed by atoms with Gasteiger partial charge in [-0.1, -0.05) is 32.1 Å². The van der Waals surface area contributed by atoms with Crippen LogP contribution in [0, 0.1) is 11.8 Å². The zero-order chi connectivity index (χ0) is 21.0. The van der Waals surface area contributed by atoms with Gasteiger partial charge >= 0.3 is 17.9 Å². The molecule has 0 saturated carbocycles. The summed E-state index contributed by atoms with van der Waals surface area (Å²) in [6.45, 7) is 10.2. The molecule has 7 nitrogen and oxygen atoms in total. The molecular formula is C21H28O7. The molecule has 28 heavy (non-hydrogen) atoms. The summed E-state index contributed by atoms with van der Waals surface area (Å²) >= 11 is 0. The van der Waals surface area contributed by atoms with Gasteiger partial charge in [0.2, 0.25) is 0 Å². The van der Waals surface area contributed by atoms with Gasteiger partial charge in [0, 0.05) is 12.5 Å². The van der Waals surface area contributed by atoms with Crippen molar-refractivity contribution in [2.75, 3.05) is 6.61 Å². The van der Waals surface area contributed by atoms with Crippen LogP contribution >= 0.6 is 0 Å². The predicted molar refractivity (Wildman–Crippen MR) is 101 cm³/mol. The summed E-state index contributed by atoms with van der Waals surface area (Å²) < 4.78 is 16.1. The van der Waals surface area contributed by atoms with Gasteiger partial charge in [0.15, 0.2) is 0 Å². The molecule has 0 radical (unpaired) electrons. The minimum Gasteiger partial charge on any atom is -0.461 e. The molecule has 1 aliphatic heterocycles. The molecule has 0 spiro atoms. The quantitative estimate of drug-likeness (QED) is 0.339. The minimum atomic E-state index is -1.27. The Bertz CT molecular complexity index is 716. The Morgan fingerprint density at radius 2 is 2.07 bits per heavy atom. The van der Waals surface area contributed by atoms with Crippen molar-refractivity contribution >= 4 is 17.9 Å². The molecule has 4 atom stereocenters. The fourth-order valence-electron chi connectivity index (χ4n) is 3.24. The molecule has 0 aromatic heterocycles. The van der Waals surface area contributed by atoms with E-state index in [0.717, 1.165) is 5.57 Å². The van der Waals surface area contributed by atoms with Crippen LogP contribution in [0.15, 0.2) is 35.5 Å². The van der Waals surface area contributed by atoms with E-state index >= 15 is 0 Å². The Morgan fingerprint density at radius 1 is 1.39 bits per heavy atom. The van der Waals surface area contributed by atoms with Gasteiger partial charge in [-0.3, -0.25) is 9.59 Å². The number of rotatable bonds is 4. The minimum absolute atomic E-state index is 0.131. The highest BCUT2D eigenvalue weighted by molar-refractivity contribution is 5.91. The van der Waals surface area contributed by atoms with Gasteiger partial charge in [0.05, 0.1) is 11.8 Å². The topological polar surface area (TPSA) is 99.1 Å². The fraction of sp³-hybridized carbons (Fsp3) is 0.571. The third-order valence-electron chi connectivity index (χ3n) is 4.87. The molecule has 2 aliphatic rings. The summed E-state index contributed by atoms with van der Waals surface area (Å²) in [7, 11) is 0. The van der Waals surface area contributed by atoms with Crippen LogP contribution in [0.3, 0.4) is 0 Å². The second-order valence-electron chi connectivity index (χ2n) is 7.53. The van der Waals surface area contributed by atoms with E-state index in [0.29, 0.717) is 18.4 Å². The first-order valence-corrected chi connectivity index (χ1v) is 9.39. The van der Waals surface area contributed by atoms with Crippen molar-refractivity contribution in [3.8, 4) is 0 Å². The van der Waals surface area contributed by atoms with E-state index < -0.39 is 48.1 Å². The van der Waals surface area contributed by atoms with Crippen LogP contribution < -0.4 is 0 Å². The zero-order valence-electron chi connectivity index (χ0n) is 16.8. The van der Waals surface area contributed by atoms with E-state index in [1.54, 1.807) is 19.9 Å². The molecule has 1 aliphatic carbocycles. The van der Waals surface area contributed by atoms with Crippen molar-refractivity contribution in [1.29, 1.82) is 0 Å². The highest BCUT2D eigenvalue weighted by Crippen LogP contribution is 2.36. The number of aliphatic hydroxyl groups is 1. The van der Waals surface area contributed by atoms with Crippen molar-refractivity contribution in [2.45, 2.75) is 58.8 Å². The van der Waals surface area contributed by atoms with Gasteiger partial charge < -0.3 is 19.3 Å². The molecule has 0 unspecified atom stereocenters. The summed E-state index contributed by atoms with van der Waals surface area (Å²) in [6.07, 6.45) is 1.81. The van der Waals surface area contributed by atoms with Gasteiger partial charge in [-0.2, -0.15) is 0 Å². The number of ether oxygens (including phenoxy) is 3. The van der Waals surface area contributed by atoms with Crippen molar-refractivity contribution in [3.63, 3.8) is 0 Å². The van der Waals surface area contributed by atoms with Crippen LogP contribution in [0.5, 0.6) is 0 Å². The molecule has 1 heterocycles. The number of fused-ring (bicyclic) bond motifs is 1. The van der Waals surface area contributed by atoms with Crippen LogP contribution in [0.2, 0.25) is 0 Å². The lowest BCUT2D eigenvalue weighted by Gasteiger charge is -2.32. The lowest BCUT2D eigenvalue weighted by Crippen LogP contribution is -2.44. The van der Waals surface area contributed by atoms with Crippen LogP contribution in [0.4, 0.5) is 0 Å². The molecular weight excluding hydrogens is 364 g/mol. The first kappa shape index (κ1) is 21.9. The van der Waals surface area contributed by atoms with E-state index in [-0.39, 0.29) is 12.2 Å². The van der Waals surface area contributed by atoms with Crippen LogP contribution in [0.25, 0.3) is 0 Å². The van der Waals surface area contributed by atoms with Crippen molar-refractivity contribution in [2.24, 2.45) is 11.8 Å². The summed E-state index contributed by atoms with van der Waals surface area (Å²) in [4.78, 5) is 35.7. The summed E-state index contributed by atoms with van der Waals surface area (Å²) in [5.41, 5.74) is 1.55. The fourth-order valence-corrected chi connectivity index (χ4v) is 3.24. The maximum atomic E-state index is 12.3. The molecule has 0 aromatic carbocycles. The lowest BCUT2D eigenvalue weighted by atomic mass is 9.83. The highest BCUT2D eigenvalue weighted by Gasteiger charge is 2.48. The van der Waals surface area contributed by atoms with Gasteiger partial charge in [-0.25, -0.2) is 4.79 Å². The molecule has 2 rings (SSSR count). The van der Waals surface area contributed by atoms with Crippen molar-refractivity contribution in [3.05, 3.63) is 35.5 Å². The van der Waals surface area contributed by atoms with E-state index in [4.69, 9.17) is 14.2 Å². The number of hydrogen-bond acceptors (Lipinski definition) is 7. The molecule has 154 valence electrons. The first-order chi connectivity index (χ1) is 13.1. The zero-order valence-corrected chi connectivity index (χ0v) is 16.8. The van der Waals surface area contributed by atoms with Crippen molar-refractivity contribution < 1.29 is 33.7 Å². The van der Waals surface area contributed by atoms with Crippen LogP contribution in [0.1, 0.15) is 40.5 Å². The number of allylic oxidation sites excluding steroid dienone is 2. The second kappa shape index (κ2) is 9.19. The molecule has 7 heteroatoms. The largest absolute Gasteiger partial charge is 0.461 e. The molecule has 1 fully saturated rings. The van der Waals surface area contributed by atoms with Crippen LogP contribution in [-0.2, 0) is 28.6 Å². The average molecular weight is 392 g/mol. The molecule has 1 N–H and O–H groups in total. The average Bonchev–Trinajstić information content (AvgIpc) is 2.88. The van der Waals surface area contributed by atoms with E-state index in [1.165, 1.54) is 6.92 Å². The van der Waals surface area contributed by atoms with Crippen molar-refractivity contribution in [1.82, 2.24) is 0 Å². The Kier molecular flexibility index (Phi) is 7.18. The Hall–Kier alpha value is -2.41. The molecule has 0 aromatic rings. The third kappa shape index (κ3) is 5.10. The van der Waals surface area contributed by atoms with E-state index in [9.17, 15) is 19.5 Å². The number of carbonyl (C=O) groups excluding carboxylic acids is 3. The first-order valence-electron chi connectivity index (χ1n) is 9.39. The predicted octanol–water partition coefficient (Wildman–Crippen LogP) is 2.24. The molecule has 0 amide bonds. The SMILES string of the molecule is C=C1C(=O)O[C@@H]2/C=C(\C)CC/C=C(\COC(C)=O)[C@@H](O)[C@@H](OC(=O)C(C)C)[C@@H]12. The van der Waals surface area contributed by atoms with Gasteiger partial charge in [-0.15, -0.1) is 0 Å². The number of hydrogen-bond donors (Lipinski definition) is 1. The number of aliphatic hydroxyl groups excluding tert-OH is 1. The maximum absolute atomic E-state index is 12.3. The monoisotopic (exact) mass is 392 g/mol. The van der Waals surface area contributed by atoms with E-state index in [1.807, 2.05) is 13.0 Å². The van der Waals surface area contributed by atoms with E-state index in [2.05, 4.69) is 6.58 Å². The smallest absolute Gasteiger partial charge is 0.334 e. The second-order valence-corrected chi connectivity index (χ2v) is 7.53. The maximum Gasteiger partial charge on any atom is 0.334 e. The van der Waals surface area contributed by atoms with Gasteiger partial charge in [-0.05, 0) is 31.4 Å². The Balaban J connectivity index is 2.47. The summed E-state index contributed by atoms with van der Waals surface area (Å²) in [5.74, 6) is -2.75. The summed E-state index contributed by atoms with van der Waals surface area (Å²) in [6, 6.07) is 0. The molecule has 1 saturated heterocycles.